The fraction of sp³-hybridized carbons (Fsp3) is 0.0882. The van der Waals surface area contributed by atoms with Gasteiger partial charge in [0.2, 0.25) is 0 Å². The third-order valence-electron chi connectivity index (χ3n) is 7.07. The third kappa shape index (κ3) is 3.84. The van der Waals surface area contributed by atoms with E-state index in [2.05, 4.69) is 135 Å². The molecule has 1 radical (unpaired) electrons. The summed E-state index contributed by atoms with van der Waals surface area (Å²) in [6.45, 7) is 4.56. The minimum atomic E-state index is -0.123. The number of rotatable bonds is 4. The Morgan fingerprint density at radius 1 is 0.486 bits per heavy atom. The number of fused-ring (bicyclic) bond motifs is 2. The van der Waals surface area contributed by atoms with Crippen LogP contribution in [0.25, 0.3) is 11.1 Å². The van der Waals surface area contributed by atoms with E-state index in [-0.39, 0.29) is 5.41 Å². The Kier molecular flexibility index (Phi) is 5.26. The molecule has 6 rings (SSSR count). The van der Waals surface area contributed by atoms with E-state index in [1.165, 1.54) is 44.9 Å². The minimum Gasteiger partial charge on any atom is -0.457 e. The van der Waals surface area contributed by atoms with Crippen LogP contribution < -0.4 is 4.74 Å². The first-order chi connectivity index (χ1) is 17.1. The fourth-order valence-corrected chi connectivity index (χ4v) is 5.16. The number of para-hydroxylation sites is 1. The van der Waals surface area contributed by atoms with Crippen LogP contribution in [0.1, 0.15) is 41.7 Å². The van der Waals surface area contributed by atoms with Crippen molar-refractivity contribution < 1.29 is 4.74 Å². The lowest BCUT2D eigenvalue weighted by Crippen LogP contribution is -2.24. The SMILES string of the molecule is CC1(C)c2ccccc2Oc2ccc(-c3ccc([C](c4ccccc4)c4ccccc4)cc3)cc21. The van der Waals surface area contributed by atoms with Gasteiger partial charge in [0.1, 0.15) is 11.5 Å². The van der Waals surface area contributed by atoms with Crippen LogP contribution in [0.15, 0.2) is 127 Å². The van der Waals surface area contributed by atoms with Gasteiger partial charge in [-0.15, -0.1) is 0 Å². The summed E-state index contributed by atoms with van der Waals surface area (Å²) in [5.41, 5.74) is 8.38. The van der Waals surface area contributed by atoms with Gasteiger partial charge in [-0.25, -0.2) is 0 Å². The lowest BCUT2D eigenvalue weighted by molar-refractivity contribution is 0.418. The van der Waals surface area contributed by atoms with Gasteiger partial charge in [0.05, 0.1) is 5.92 Å². The van der Waals surface area contributed by atoms with E-state index in [1.54, 1.807) is 0 Å². The first-order valence-corrected chi connectivity index (χ1v) is 12.1. The minimum absolute atomic E-state index is 0.123. The van der Waals surface area contributed by atoms with Crippen molar-refractivity contribution in [2.24, 2.45) is 0 Å². The summed E-state index contributed by atoms with van der Waals surface area (Å²) in [7, 11) is 0. The van der Waals surface area contributed by atoms with Gasteiger partial charge in [-0.2, -0.15) is 0 Å². The zero-order chi connectivity index (χ0) is 23.8. The highest BCUT2D eigenvalue weighted by Gasteiger charge is 2.34. The molecule has 0 saturated carbocycles. The van der Waals surface area contributed by atoms with Crippen LogP contribution in [-0.2, 0) is 5.41 Å². The first-order valence-electron chi connectivity index (χ1n) is 12.1. The van der Waals surface area contributed by atoms with Gasteiger partial charge in [0, 0.05) is 16.5 Å². The van der Waals surface area contributed by atoms with Gasteiger partial charge in [-0.1, -0.05) is 123 Å². The van der Waals surface area contributed by atoms with Crippen molar-refractivity contribution in [3.63, 3.8) is 0 Å². The highest BCUT2D eigenvalue weighted by molar-refractivity contribution is 5.70. The standard InChI is InChI=1S/C34H27O/c1-34(2)29-15-9-10-16-31(29)35-32-22-21-28(23-30(32)34)24-17-19-27(20-18-24)33(25-11-5-3-6-12-25)26-13-7-4-8-14-26/h3-23H,1-2H3. The monoisotopic (exact) mass is 451 g/mol. The molecule has 1 aliphatic heterocycles. The van der Waals surface area contributed by atoms with E-state index in [9.17, 15) is 0 Å². The highest BCUT2D eigenvalue weighted by Crippen LogP contribution is 2.48. The maximum Gasteiger partial charge on any atom is 0.131 e. The molecule has 0 fully saturated rings. The Balaban J connectivity index is 1.37. The highest BCUT2D eigenvalue weighted by atomic mass is 16.5. The van der Waals surface area contributed by atoms with Crippen molar-refractivity contribution in [2.45, 2.75) is 19.3 Å². The van der Waals surface area contributed by atoms with Crippen LogP contribution in [0.5, 0.6) is 11.5 Å². The average molecular weight is 452 g/mol. The molecule has 0 saturated heterocycles. The molecule has 5 aromatic carbocycles. The summed E-state index contributed by atoms with van der Waals surface area (Å²) in [4.78, 5) is 0. The topological polar surface area (TPSA) is 9.23 Å². The smallest absolute Gasteiger partial charge is 0.131 e. The first kappa shape index (κ1) is 21.4. The Morgan fingerprint density at radius 3 is 1.66 bits per heavy atom. The van der Waals surface area contributed by atoms with Gasteiger partial charge in [0.15, 0.2) is 0 Å². The zero-order valence-electron chi connectivity index (χ0n) is 20.0. The molecular weight excluding hydrogens is 424 g/mol. The molecule has 0 unspecified atom stereocenters. The van der Waals surface area contributed by atoms with Crippen LogP contribution in [0.2, 0.25) is 0 Å². The maximum absolute atomic E-state index is 6.25. The van der Waals surface area contributed by atoms with Gasteiger partial charge in [0.25, 0.3) is 0 Å². The predicted molar refractivity (Wildman–Crippen MR) is 144 cm³/mol. The maximum atomic E-state index is 6.25. The second-order valence-corrected chi connectivity index (χ2v) is 9.62. The van der Waals surface area contributed by atoms with Crippen LogP contribution in [-0.4, -0.2) is 0 Å². The van der Waals surface area contributed by atoms with E-state index in [1.807, 2.05) is 6.07 Å². The van der Waals surface area contributed by atoms with Crippen LogP contribution >= 0.6 is 0 Å². The Bertz CT molecular complexity index is 1430. The summed E-state index contributed by atoms with van der Waals surface area (Å²) >= 11 is 0. The molecular formula is C34H27O. The normalized spacial score (nSPS) is 13.6. The lowest BCUT2D eigenvalue weighted by atomic mass is 9.75. The summed E-state index contributed by atoms with van der Waals surface area (Å²) in [6.07, 6.45) is 0. The molecule has 0 aromatic heterocycles. The van der Waals surface area contributed by atoms with E-state index >= 15 is 0 Å². The molecule has 0 bridgehead atoms. The molecule has 0 N–H and O–H groups in total. The average Bonchev–Trinajstić information content (AvgIpc) is 2.91. The van der Waals surface area contributed by atoms with Crippen molar-refractivity contribution >= 4 is 0 Å². The van der Waals surface area contributed by atoms with E-state index in [0.717, 1.165) is 11.5 Å². The van der Waals surface area contributed by atoms with Crippen molar-refractivity contribution in [3.8, 4) is 22.6 Å². The summed E-state index contributed by atoms with van der Waals surface area (Å²) in [5.74, 6) is 3.14. The molecule has 0 atom stereocenters. The Labute approximate surface area is 207 Å². The van der Waals surface area contributed by atoms with E-state index in [4.69, 9.17) is 4.74 Å². The molecule has 1 heteroatoms. The van der Waals surface area contributed by atoms with Gasteiger partial charge < -0.3 is 4.74 Å². The largest absolute Gasteiger partial charge is 0.457 e. The molecule has 0 aliphatic carbocycles. The molecule has 1 aliphatic rings. The Hall–Kier alpha value is -4.10. The molecule has 1 nitrogen and oxygen atoms in total. The third-order valence-corrected chi connectivity index (χ3v) is 7.07. The van der Waals surface area contributed by atoms with Crippen molar-refractivity contribution in [1.82, 2.24) is 0 Å². The van der Waals surface area contributed by atoms with Crippen LogP contribution in [0.3, 0.4) is 0 Å². The second-order valence-electron chi connectivity index (χ2n) is 9.62. The van der Waals surface area contributed by atoms with E-state index < -0.39 is 0 Å². The molecule has 1 heterocycles. The van der Waals surface area contributed by atoms with Gasteiger partial charge in [-0.3, -0.25) is 0 Å². The van der Waals surface area contributed by atoms with E-state index in [0.29, 0.717) is 0 Å². The number of benzene rings is 5. The second kappa shape index (κ2) is 8.60. The number of hydrogen-bond acceptors (Lipinski definition) is 1. The quantitative estimate of drug-likeness (QED) is 0.248. The fourth-order valence-electron chi connectivity index (χ4n) is 5.16. The summed E-state index contributed by atoms with van der Waals surface area (Å²) in [5, 5.41) is 0. The van der Waals surface area contributed by atoms with Crippen LogP contribution in [0.4, 0.5) is 0 Å². The molecule has 169 valence electrons. The number of ether oxygens (including phenoxy) is 1. The van der Waals surface area contributed by atoms with Crippen molar-refractivity contribution in [2.75, 3.05) is 0 Å². The number of hydrogen-bond donors (Lipinski definition) is 0. The van der Waals surface area contributed by atoms with Crippen molar-refractivity contribution in [3.05, 3.63) is 161 Å². The van der Waals surface area contributed by atoms with Crippen molar-refractivity contribution in [1.29, 1.82) is 0 Å². The molecule has 5 aromatic rings. The van der Waals surface area contributed by atoms with Crippen LogP contribution in [0, 0.1) is 5.92 Å². The summed E-state index contributed by atoms with van der Waals surface area (Å²) in [6, 6.07) is 45.1. The summed E-state index contributed by atoms with van der Waals surface area (Å²) < 4.78 is 6.25. The molecule has 35 heavy (non-hydrogen) atoms. The zero-order valence-corrected chi connectivity index (χ0v) is 20.0. The van der Waals surface area contributed by atoms with Gasteiger partial charge in [-0.05, 0) is 46.0 Å². The molecule has 0 amide bonds. The molecule has 0 spiro atoms. The lowest BCUT2D eigenvalue weighted by Gasteiger charge is -2.34. The Morgan fingerprint density at radius 2 is 1.00 bits per heavy atom. The van der Waals surface area contributed by atoms with Gasteiger partial charge >= 0.3 is 0 Å². The predicted octanol–water partition coefficient (Wildman–Crippen LogP) is 8.80.